The summed E-state index contributed by atoms with van der Waals surface area (Å²) in [6, 6.07) is 10.8. The van der Waals surface area contributed by atoms with Crippen molar-refractivity contribution in [2.75, 3.05) is 5.32 Å². The van der Waals surface area contributed by atoms with E-state index in [0.717, 1.165) is 30.3 Å². The van der Waals surface area contributed by atoms with Crippen molar-refractivity contribution in [1.29, 1.82) is 0 Å². The number of imidazole rings is 1. The molecule has 0 saturated heterocycles. The lowest BCUT2D eigenvalue weighted by atomic mass is 9.92. The summed E-state index contributed by atoms with van der Waals surface area (Å²) in [6.07, 6.45) is 9.52. The number of terminal acetylenes is 1. The molecule has 1 saturated carbocycles. The van der Waals surface area contributed by atoms with Crippen LogP contribution in [0.5, 0.6) is 0 Å². The largest absolute Gasteiger partial charge is 0.383 e. The number of fused-ring (bicyclic) bond motifs is 1. The van der Waals surface area contributed by atoms with Crippen LogP contribution < -0.4 is 16.7 Å². The monoisotopic (exact) mass is 752 g/mol. The minimum Gasteiger partial charge on any atom is -0.383 e. The number of hydrogen-bond donors (Lipinski definition) is 4. The van der Waals surface area contributed by atoms with Gasteiger partial charge in [-0.05, 0) is 152 Å². The van der Waals surface area contributed by atoms with E-state index < -0.39 is 10.6 Å². The molecule has 286 valence electrons. The van der Waals surface area contributed by atoms with Crippen LogP contribution in [-0.2, 0) is 10.4 Å². The highest BCUT2D eigenvalue weighted by atomic mass is 16.7. The summed E-state index contributed by atoms with van der Waals surface area (Å²) in [5, 5.41) is 27.1. The van der Waals surface area contributed by atoms with Crippen molar-refractivity contribution in [3.63, 3.8) is 0 Å². The molecule has 14 heteroatoms. The van der Waals surface area contributed by atoms with Crippen molar-refractivity contribution in [2.24, 2.45) is 16.3 Å². The molecule has 1 fully saturated rings. The number of aromatic nitrogens is 3. The van der Waals surface area contributed by atoms with E-state index in [1.54, 1.807) is 50.4 Å². The Hall–Kier alpha value is -9.04. The smallest absolute Gasteiger partial charge is 0.229 e. The topological polar surface area (TPSA) is 190 Å². The van der Waals surface area contributed by atoms with Gasteiger partial charge in [-0.15, -0.1) is 6.42 Å². The molecule has 4 rings (SSSR count). The number of carbonyl (C=O) groups is 1. The summed E-state index contributed by atoms with van der Waals surface area (Å²) in [6.45, 7) is 10.5. The van der Waals surface area contributed by atoms with E-state index in [2.05, 4.69) is 149 Å². The number of anilines is 1. The zero-order valence-electron chi connectivity index (χ0n) is 29.9. The van der Waals surface area contributed by atoms with Crippen LogP contribution in [0.1, 0.15) is 62.7 Å². The summed E-state index contributed by atoms with van der Waals surface area (Å²) in [7, 11) is 0. The third kappa shape index (κ3) is 16.3. The number of hydrazine groups is 1. The number of nitrogens with zero attached hydrogens (tertiary/aromatic N) is 7. The van der Waals surface area contributed by atoms with Crippen LogP contribution >= 0.6 is 0 Å². The Balaban J connectivity index is -0.000000163. The van der Waals surface area contributed by atoms with Gasteiger partial charge in [0.25, 0.3) is 0 Å². The Morgan fingerprint density at radius 1 is 1.04 bits per heavy atom. The Morgan fingerprint density at radius 2 is 1.61 bits per heavy atom. The Labute approximate surface area is 336 Å². The first-order valence-electron chi connectivity index (χ1n) is 15.9. The van der Waals surface area contributed by atoms with Crippen molar-refractivity contribution in [3.8, 4) is 119 Å². The number of rotatable bonds is 7. The van der Waals surface area contributed by atoms with Gasteiger partial charge in [0.15, 0.2) is 10.9 Å². The first-order valence-corrected chi connectivity index (χ1v) is 15.9. The Kier molecular flexibility index (Phi) is 19.3. The minimum absolute atomic E-state index is 0. The number of benzene rings is 1. The summed E-state index contributed by atoms with van der Waals surface area (Å²) in [4.78, 5) is 34.1. The van der Waals surface area contributed by atoms with E-state index in [0.29, 0.717) is 17.3 Å². The van der Waals surface area contributed by atoms with E-state index in [1.807, 2.05) is 10.6 Å². The van der Waals surface area contributed by atoms with Crippen molar-refractivity contribution >= 4 is 28.6 Å². The minimum atomic E-state index is -1.38. The molecule has 1 aromatic carbocycles. The van der Waals surface area contributed by atoms with Crippen LogP contribution in [0, 0.1) is 136 Å². The molecule has 56 heavy (non-hydrogen) atoms. The number of aliphatic hydroxyl groups is 1. The summed E-state index contributed by atoms with van der Waals surface area (Å²) in [5.74, 6) is 51.4. The number of nitrogens with one attached hydrogen (secondary N) is 2. The Bertz CT molecular complexity index is 2660. The second-order valence-corrected chi connectivity index (χ2v) is 10.5. The number of hydrogen-bond acceptors (Lipinski definition) is 8. The maximum Gasteiger partial charge on any atom is 0.229 e. The first kappa shape index (κ1) is 43.1. The molecule has 0 bridgehead atoms. The number of carbonyl (C=O) groups excluding carboxylic acids is 1. The van der Waals surface area contributed by atoms with Crippen LogP contribution in [0.15, 0.2) is 53.0 Å². The maximum atomic E-state index is 12.7. The number of amides is 1. The second-order valence-electron chi connectivity index (χ2n) is 10.5. The molecule has 0 spiro atoms. The standard InChI is InChI=1S/C21H21N5O2.C21H4.H3N5O2.8H2/c1-21(28,18-8-3-4-11-23-18)13-19(27)25-20-24-16-10-9-14(22-2)12-17(16)26(20)15-6-5-7-15;1-3-5-7-9-11-13-15-17-19-21-20-18-16-14-12-10-8-6-4-2;1-2-3-4-5(6)7;;;;;;;;/h3-4,8-12,15,28H,5-7,13H2,1H3,(H,24,25,27);1H,2H3;(H2,1,3)(H,2,4);8*1H/t21-;;;;;;;;;;/m0........../s1. The lowest BCUT2D eigenvalue weighted by molar-refractivity contribution is -0.546. The molecule has 1 aliphatic rings. The van der Waals surface area contributed by atoms with Crippen LogP contribution in [0.3, 0.4) is 0 Å². The summed E-state index contributed by atoms with van der Waals surface area (Å²) >= 11 is 0. The van der Waals surface area contributed by atoms with Crippen LogP contribution in [0.2, 0.25) is 0 Å². The molecule has 2 heterocycles. The highest BCUT2D eigenvalue weighted by Crippen LogP contribution is 2.38. The molecule has 0 radical (unpaired) electrons. The fourth-order valence-corrected chi connectivity index (χ4v) is 4.14. The van der Waals surface area contributed by atoms with Gasteiger partial charge in [-0.1, -0.05) is 18.1 Å². The number of nitro groups is 1. The van der Waals surface area contributed by atoms with Crippen molar-refractivity contribution in [3.05, 3.63) is 69.8 Å². The third-order valence-electron chi connectivity index (χ3n) is 6.60. The Morgan fingerprint density at radius 3 is 2.04 bits per heavy atom. The molecule has 1 aliphatic carbocycles. The van der Waals surface area contributed by atoms with E-state index in [1.165, 1.54) is 5.53 Å². The number of pyridine rings is 1. The molecule has 0 aliphatic heterocycles. The van der Waals surface area contributed by atoms with Gasteiger partial charge in [-0.3, -0.25) is 20.9 Å². The molecule has 1 amide bonds. The molecule has 0 unspecified atom stereocenters. The van der Waals surface area contributed by atoms with Crippen LogP contribution in [-0.4, -0.2) is 30.6 Å². The normalized spacial score (nSPS) is 10.7. The summed E-state index contributed by atoms with van der Waals surface area (Å²) < 4.78 is 2.01. The second kappa shape index (κ2) is 25.0. The van der Waals surface area contributed by atoms with Gasteiger partial charge in [-0.25, -0.2) is 9.83 Å². The predicted octanol–water partition coefficient (Wildman–Crippen LogP) is 5.59. The zero-order chi connectivity index (χ0) is 40.9. The van der Waals surface area contributed by atoms with Gasteiger partial charge in [0.1, 0.15) is 5.60 Å². The maximum absolute atomic E-state index is 12.7. The van der Waals surface area contributed by atoms with E-state index in [-0.39, 0.29) is 29.8 Å². The lowest BCUT2D eigenvalue weighted by Crippen LogP contribution is -2.30. The molecular formula is C42H44N10O4. The van der Waals surface area contributed by atoms with Crippen LogP contribution in [0.4, 0.5) is 11.6 Å². The molecule has 1 atom stereocenters. The third-order valence-corrected chi connectivity index (χ3v) is 6.60. The van der Waals surface area contributed by atoms with Crippen molar-refractivity contribution in [2.45, 2.75) is 51.2 Å². The fraction of sp³-hybridized carbons (Fsp3) is 0.190. The van der Waals surface area contributed by atoms with Crippen LogP contribution in [0.25, 0.3) is 15.9 Å². The van der Waals surface area contributed by atoms with E-state index in [4.69, 9.17) is 13.0 Å². The van der Waals surface area contributed by atoms with Gasteiger partial charge in [0.05, 0.1) is 40.0 Å². The average Bonchev–Trinajstić information content (AvgIpc) is 3.51. The molecule has 3 aromatic rings. The molecule has 2 aromatic heterocycles. The van der Waals surface area contributed by atoms with Gasteiger partial charge >= 0.3 is 0 Å². The lowest BCUT2D eigenvalue weighted by Gasteiger charge is -2.29. The van der Waals surface area contributed by atoms with Crippen molar-refractivity contribution in [1.82, 2.24) is 20.1 Å². The molecule has 14 nitrogen and oxygen atoms in total. The number of nitrogens with two attached hydrogens (primary N) is 1. The first-order chi connectivity index (χ1) is 27.2. The van der Waals surface area contributed by atoms with E-state index >= 15 is 0 Å². The molecule has 5 N–H and O–H groups in total. The highest BCUT2D eigenvalue weighted by molar-refractivity contribution is 5.93. The molecular weight excluding hydrogens is 709 g/mol. The quantitative estimate of drug-likeness (QED) is 0.0600. The SMILES string of the molecule is C#CC#CC#CC#CC#CC#CC#CC#CC#CC#CC.NN=NN[N+](=O)[O-].[C-]#[N+]c1ccc2nc(NC(=O)C[C@](C)(O)c3ccccn3)n(C3CCC3)c2c1.[HH].[HH].[HH].[HH].[HH].[HH].[HH].[HH]. The van der Waals surface area contributed by atoms with Gasteiger partial charge in [0.2, 0.25) is 11.9 Å². The van der Waals surface area contributed by atoms with Crippen molar-refractivity contribution < 1.29 is 26.3 Å². The predicted molar refractivity (Wildman–Crippen MR) is 227 cm³/mol. The van der Waals surface area contributed by atoms with Gasteiger partial charge in [-0.2, -0.15) is 0 Å². The average molecular weight is 753 g/mol. The van der Waals surface area contributed by atoms with E-state index in [9.17, 15) is 20.0 Å². The summed E-state index contributed by atoms with van der Waals surface area (Å²) in [5.41, 5.74) is 2.55. The highest BCUT2D eigenvalue weighted by Gasteiger charge is 2.30. The van der Waals surface area contributed by atoms with Gasteiger partial charge < -0.3 is 19.8 Å². The van der Waals surface area contributed by atoms with Gasteiger partial charge in [0, 0.05) is 41.0 Å². The zero-order valence-corrected chi connectivity index (χ0v) is 29.9. The fourth-order valence-electron chi connectivity index (χ4n) is 4.14.